The van der Waals surface area contributed by atoms with E-state index >= 15 is 0 Å². The van der Waals surface area contributed by atoms with Crippen LogP contribution in [-0.2, 0) is 9.59 Å². The van der Waals surface area contributed by atoms with Gasteiger partial charge in [-0.2, -0.15) is 0 Å². The summed E-state index contributed by atoms with van der Waals surface area (Å²) in [6, 6.07) is 23.2. The van der Waals surface area contributed by atoms with E-state index in [0.717, 1.165) is 23.1 Å². The Hall–Kier alpha value is -4.23. The summed E-state index contributed by atoms with van der Waals surface area (Å²) < 4.78 is 0. The number of rotatable bonds is 7. The lowest BCUT2D eigenvalue weighted by molar-refractivity contribution is -0.130. The molecule has 0 bridgehead atoms. The van der Waals surface area contributed by atoms with E-state index in [-0.39, 0.29) is 30.0 Å². The van der Waals surface area contributed by atoms with Gasteiger partial charge < -0.3 is 15.7 Å². The molecule has 2 amide bonds. The predicted molar refractivity (Wildman–Crippen MR) is 136 cm³/mol. The molecule has 0 spiro atoms. The number of carboxylic acids is 1. The van der Waals surface area contributed by atoms with E-state index in [1.807, 2.05) is 48.5 Å². The lowest BCUT2D eigenvalue weighted by Crippen LogP contribution is -2.42. The SMILES string of the molecule is N[C@H]1CCN(C(=O)CN(C(=O)C=Cc2ccccc2)c2ccc(-c3cccc(C(=O)O)c3)cc2)C1. The highest BCUT2D eigenvalue weighted by Crippen LogP contribution is 2.25. The van der Waals surface area contributed by atoms with Crippen LogP contribution in [-0.4, -0.2) is 53.5 Å². The number of hydrogen-bond donors (Lipinski definition) is 2. The molecule has 7 heteroatoms. The van der Waals surface area contributed by atoms with Gasteiger partial charge in [0.1, 0.15) is 6.54 Å². The Bertz CT molecular complexity index is 1240. The van der Waals surface area contributed by atoms with E-state index in [2.05, 4.69) is 0 Å². The molecule has 0 radical (unpaired) electrons. The van der Waals surface area contributed by atoms with E-state index in [0.29, 0.717) is 18.8 Å². The third-order valence-corrected chi connectivity index (χ3v) is 5.98. The second kappa shape index (κ2) is 10.8. The first-order chi connectivity index (χ1) is 16.9. The van der Waals surface area contributed by atoms with Gasteiger partial charge in [-0.25, -0.2) is 4.79 Å². The van der Waals surface area contributed by atoms with Crippen molar-refractivity contribution in [1.82, 2.24) is 4.90 Å². The summed E-state index contributed by atoms with van der Waals surface area (Å²) in [6.07, 6.45) is 3.93. The Labute approximate surface area is 204 Å². The van der Waals surface area contributed by atoms with E-state index in [1.54, 1.807) is 35.2 Å². The molecule has 1 aliphatic rings. The topological polar surface area (TPSA) is 104 Å². The number of anilines is 1. The van der Waals surface area contributed by atoms with Crippen molar-refractivity contribution in [3.63, 3.8) is 0 Å². The number of benzene rings is 3. The number of carboxylic acid groups (broad SMARTS) is 1. The van der Waals surface area contributed by atoms with Gasteiger partial charge in [0.25, 0.3) is 5.91 Å². The maximum atomic E-state index is 13.2. The lowest BCUT2D eigenvalue weighted by atomic mass is 10.0. The highest BCUT2D eigenvalue weighted by atomic mass is 16.4. The molecule has 3 aromatic rings. The summed E-state index contributed by atoms with van der Waals surface area (Å²) in [4.78, 5) is 40.6. The fourth-order valence-corrected chi connectivity index (χ4v) is 4.03. The van der Waals surface area contributed by atoms with Crippen LogP contribution in [0.15, 0.2) is 84.9 Å². The first-order valence-corrected chi connectivity index (χ1v) is 11.4. The van der Waals surface area contributed by atoms with E-state index in [1.165, 1.54) is 17.0 Å². The number of carbonyl (C=O) groups excluding carboxylic acids is 2. The Morgan fingerprint density at radius 2 is 1.71 bits per heavy atom. The maximum absolute atomic E-state index is 13.2. The van der Waals surface area contributed by atoms with Crippen LogP contribution in [0.5, 0.6) is 0 Å². The fourth-order valence-electron chi connectivity index (χ4n) is 4.03. The second-order valence-corrected chi connectivity index (χ2v) is 8.49. The molecule has 1 saturated heterocycles. The van der Waals surface area contributed by atoms with Crippen molar-refractivity contribution in [3.8, 4) is 11.1 Å². The molecule has 1 aliphatic heterocycles. The number of likely N-dealkylation sites (tertiary alicyclic amines) is 1. The normalized spacial score (nSPS) is 15.3. The molecule has 4 rings (SSSR count). The molecule has 0 unspecified atom stereocenters. The Balaban J connectivity index is 1.59. The quantitative estimate of drug-likeness (QED) is 0.514. The summed E-state index contributed by atoms with van der Waals surface area (Å²) in [7, 11) is 0. The van der Waals surface area contributed by atoms with Crippen molar-refractivity contribution < 1.29 is 19.5 Å². The van der Waals surface area contributed by atoms with Gasteiger partial charge >= 0.3 is 5.97 Å². The standard InChI is InChI=1S/C28H27N3O4/c29-24-15-16-30(18-24)27(33)19-31(26(32)14-9-20-5-2-1-3-6-20)25-12-10-21(11-13-25)22-7-4-8-23(17-22)28(34)35/h1-14,17,24H,15-16,18-19,29H2,(H,34,35)/t24-/m0/s1. The third-order valence-electron chi connectivity index (χ3n) is 5.98. The largest absolute Gasteiger partial charge is 0.478 e. The zero-order chi connectivity index (χ0) is 24.8. The average Bonchev–Trinajstić information content (AvgIpc) is 3.33. The van der Waals surface area contributed by atoms with Crippen LogP contribution in [0.25, 0.3) is 17.2 Å². The Kier molecular flexibility index (Phi) is 7.38. The monoisotopic (exact) mass is 469 g/mol. The van der Waals surface area contributed by atoms with Gasteiger partial charge in [-0.05, 0) is 53.5 Å². The van der Waals surface area contributed by atoms with Crippen LogP contribution in [0, 0.1) is 0 Å². The van der Waals surface area contributed by atoms with E-state index in [4.69, 9.17) is 5.73 Å². The van der Waals surface area contributed by atoms with Crippen molar-refractivity contribution in [2.75, 3.05) is 24.5 Å². The molecule has 7 nitrogen and oxygen atoms in total. The molecular formula is C28H27N3O4. The van der Waals surface area contributed by atoms with Gasteiger partial charge in [0, 0.05) is 30.9 Å². The van der Waals surface area contributed by atoms with Crippen LogP contribution >= 0.6 is 0 Å². The predicted octanol–water partition coefficient (Wildman–Crippen LogP) is 3.66. The molecule has 3 N–H and O–H groups in total. The van der Waals surface area contributed by atoms with Gasteiger partial charge in [0.15, 0.2) is 0 Å². The summed E-state index contributed by atoms with van der Waals surface area (Å²) in [5.74, 6) is -1.46. The number of nitrogens with zero attached hydrogens (tertiary/aromatic N) is 2. The summed E-state index contributed by atoms with van der Waals surface area (Å²) in [5.41, 5.74) is 9.16. The third kappa shape index (κ3) is 6.02. The van der Waals surface area contributed by atoms with E-state index < -0.39 is 5.97 Å². The van der Waals surface area contributed by atoms with Crippen LogP contribution in [0.4, 0.5) is 5.69 Å². The van der Waals surface area contributed by atoms with Crippen LogP contribution in [0.1, 0.15) is 22.3 Å². The molecule has 1 fully saturated rings. The van der Waals surface area contributed by atoms with Crippen LogP contribution < -0.4 is 10.6 Å². The Morgan fingerprint density at radius 1 is 0.971 bits per heavy atom. The summed E-state index contributed by atoms with van der Waals surface area (Å²) >= 11 is 0. The molecule has 1 heterocycles. The van der Waals surface area contributed by atoms with Crippen molar-refractivity contribution >= 4 is 29.5 Å². The zero-order valence-corrected chi connectivity index (χ0v) is 19.2. The molecule has 0 saturated carbocycles. The fraction of sp³-hybridized carbons (Fsp3) is 0.179. The van der Waals surface area contributed by atoms with Gasteiger partial charge in [-0.15, -0.1) is 0 Å². The summed E-state index contributed by atoms with van der Waals surface area (Å²) in [5, 5.41) is 9.26. The molecule has 1 atom stereocenters. The van der Waals surface area contributed by atoms with Gasteiger partial charge in [-0.1, -0.05) is 54.6 Å². The van der Waals surface area contributed by atoms with Crippen molar-refractivity contribution in [1.29, 1.82) is 0 Å². The van der Waals surface area contributed by atoms with Crippen LogP contribution in [0.3, 0.4) is 0 Å². The highest BCUT2D eigenvalue weighted by Gasteiger charge is 2.26. The van der Waals surface area contributed by atoms with Crippen LogP contribution in [0.2, 0.25) is 0 Å². The lowest BCUT2D eigenvalue weighted by Gasteiger charge is -2.24. The number of nitrogens with two attached hydrogens (primary N) is 1. The van der Waals surface area contributed by atoms with Crippen molar-refractivity contribution in [2.24, 2.45) is 5.73 Å². The van der Waals surface area contributed by atoms with E-state index in [9.17, 15) is 19.5 Å². The highest BCUT2D eigenvalue weighted by molar-refractivity contribution is 6.07. The minimum atomic E-state index is -0.995. The molecule has 0 aliphatic carbocycles. The molecule has 35 heavy (non-hydrogen) atoms. The molecule has 0 aromatic heterocycles. The maximum Gasteiger partial charge on any atom is 0.335 e. The Morgan fingerprint density at radius 3 is 2.37 bits per heavy atom. The zero-order valence-electron chi connectivity index (χ0n) is 19.2. The average molecular weight is 470 g/mol. The summed E-state index contributed by atoms with van der Waals surface area (Å²) in [6.45, 7) is 0.971. The molecule has 3 aromatic carbocycles. The van der Waals surface area contributed by atoms with Gasteiger partial charge in [0.05, 0.1) is 5.56 Å². The number of hydrogen-bond acceptors (Lipinski definition) is 4. The number of amides is 2. The first kappa shape index (κ1) is 23.9. The minimum absolute atomic E-state index is 0.0399. The molecule has 178 valence electrons. The van der Waals surface area contributed by atoms with Gasteiger partial charge in [0.2, 0.25) is 5.91 Å². The van der Waals surface area contributed by atoms with Crippen molar-refractivity contribution in [2.45, 2.75) is 12.5 Å². The van der Waals surface area contributed by atoms with Gasteiger partial charge in [-0.3, -0.25) is 14.5 Å². The number of aromatic carboxylic acids is 1. The second-order valence-electron chi connectivity index (χ2n) is 8.49. The smallest absolute Gasteiger partial charge is 0.335 e. The number of carbonyl (C=O) groups is 3. The minimum Gasteiger partial charge on any atom is -0.478 e. The first-order valence-electron chi connectivity index (χ1n) is 11.4. The molecular weight excluding hydrogens is 442 g/mol. The van der Waals surface area contributed by atoms with Crippen molar-refractivity contribution in [3.05, 3.63) is 96.1 Å².